The Morgan fingerprint density at radius 2 is 2.09 bits per heavy atom. The van der Waals surface area contributed by atoms with Crippen LogP contribution in [-0.2, 0) is 44.2 Å². The number of pyridine rings is 2. The van der Waals surface area contributed by atoms with E-state index in [0.717, 1.165) is 16.5 Å². The van der Waals surface area contributed by atoms with Crippen molar-refractivity contribution in [2.45, 2.75) is 45.4 Å². The number of carbonyl (C=O) groups is 2. The van der Waals surface area contributed by atoms with E-state index in [1.54, 1.807) is 29.7 Å². The number of nitrogens with zero attached hydrogens (tertiary/aromatic N) is 2. The highest BCUT2D eigenvalue weighted by Crippen LogP contribution is 2.41. The van der Waals surface area contributed by atoms with Gasteiger partial charge in [-0.25, -0.2) is 14.6 Å². The Labute approximate surface area is 200 Å². The zero-order valence-corrected chi connectivity index (χ0v) is 19.7. The Balaban J connectivity index is 1.75. The number of aryl methyl sites for hydroxylation is 1. The van der Waals surface area contributed by atoms with Gasteiger partial charge in [0.2, 0.25) is 0 Å². The Kier molecular flexibility index (Phi) is 5.25. The number of ether oxygens (including phenoxy) is 2. The smallest absolute Gasteiger partial charge is 0.343 e. The van der Waals surface area contributed by atoms with Gasteiger partial charge in [0.25, 0.3) is 5.56 Å². The summed E-state index contributed by atoms with van der Waals surface area (Å²) in [5.41, 5.74) is 9.69. The highest BCUT2D eigenvalue weighted by molar-refractivity contribution is 6.01. The standard InChI is InChI=1S/C26H25N3O6/c1-4-14-15-11-29-19(10-17-16(24(29)31)12-35-25(32)26(17,33)5-2)23(15)28-18-8-6-13(22(27)21(14)18)7-9-20(30)34-3/h6-10,33H,4-5,11-12,27H2,1-3H3. The third-order valence-electron chi connectivity index (χ3n) is 7.00. The molecule has 2 aliphatic rings. The fourth-order valence-electron chi connectivity index (χ4n) is 5.07. The van der Waals surface area contributed by atoms with Crippen molar-refractivity contribution in [2.75, 3.05) is 12.8 Å². The Hall–Kier alpha value is -3.98. The zero-order valence-electron chi connectivity index (χ0n) is 19.7. The quantitative estimate of drug-likeness (QED) is 0.261. The number of nitrogen functional groups attached to an aromatic ring is 1. The molecule has 0 amide bonds. The maximum absolute atomic E-state index is 13.4. The van der Waals surface area contributed by atoms with E-state index in [2.05, 4.69) is 4.74 Å². The summed E-state index contributed by atoms with van der Waals surface area (Å²) in [6.45, 7) is 3.80. The Morgan fingerprint density at radius 3 is 2.77 bits per heavy atom. The van der Waals surface area contributed by atoms with E-state index in [9.17, 15) is 19.5 Å². The molecule has 0 saturated carbocycles. The largest absolute Gasteiger partial charge is 0.466 e. The van der Waals surface area contributed by atoms with Gasteiger partial charge in [0, 0.05) is 28.3 Å². The second kappa shape index (κ2) is 8.06. The molecule has 0 aliphatic carbocycles. The molecule has 180 valence electrons. The fraction of sp³-hybridized carbons (Fsp3) is 0.308. The first kappa shape index (κ1) is 22.8. The minimum absolute atomic E-state index is 0.0817. The van der Waals surface area contributed by atoms with Crippen LogP contribution in [0.15, 0.2) is 29.1 Å². The Morgan fingerprint density at radius 1 is 1.31 bits per heavy atom. The molecular weight excluding hydrogens is 450 g/mol. The van der Waals surface area contributed by atoms with Crippen molar-refractivity contribution in [3.05, 3.63) is 62.4 Å². The number of nitrogens with two attached hydrogens (primary N) is 1. The second-order valence-electron chi connectivity index (χ2n) is 8.69. The molecule has 1 aromatic carbocycles. The van der Waals surface area contributed by atoms with Crippen LogP contribution < -0.4 is 11.3 Å². The topological polar surface area (TPSA) is 134 Å². The van der Waals surface area contributed by atoms with Gasteiger partial charge in [0.15, 0.2) is 5.60 Å². The van der Waals surface area contributed by atoms with E-state index in [1.807, 2.05) is 13.0 Å². The summed E-state index contributed by atoms with van der Waals surface area (Å²) in [5, 5.41) is 11.8. The molecule has 2 aromatic heterocycles. The number of benzene rings is 1. The zero-order chi connectivity index (χ0) is 25.1. The average molecular weight is 476 g/mol. The van der Waals surface area contributed by atoms with Crippen LogP contribution in [0.5, 0.6) is 0 Å². The molecule has 3 aromatic rings. The average Bonchev–Trinajstić information content (AvgIpc) is 3.23. The highest BCUT2D eigenvalue weighted by Gasteiger charge is 2.45. The first-order valence-corrected chi connectivity index (χ1v) is 11.4. The minimum Gasteiger partial charge on any atom is -0.466 e. The molecule has 5 rings (SSSR count). The number of methoxy groups -OCH3 is 1. The summed E-state index contributed by atoms with van der Waals surface area (Å²) >= 11 is 0. The number of esters is 2. The molecule has 4 heterocycles. The summed E-state index contributed by atoms with van der Waals surface area (Å²) < 4.78 is 11.4. The normalized spacial score (nSPS) is 18.3. The number of hydrogen-bond acceptors (Lipinski definition) is 8. The lowest BCUT2D eigenvalue weighted by Gasteiger charge is -2.31. The van der Waals surface area contributed by atoms with E-state index in [1.165, 1.54) is 13.2 Å². The lowest BCUT2D eigenvalue weighted by molar-refractivity contribution is -0.172. The number of aliphatic hydroxyl groups is 1. The third kappa shape index (κ3) is 3.19. The van der Waals surface area contributed by atoms with Crippen molar-refractivity contribution in [3.63, 3.8) is 0 Å². The molecule has 0 spiro atoms. The summed E-state index contributed by atoms with van der Waals surface area (Å²) in [6, 6.07) is 5.29. The van der Waals surface area contributed by atoms with Crippen molar-refractivity contribution < 1.29 is 24.2 Å². The van der Waals surface area contributed by atoms with Crippen LogP contribution in [0.25, 0.3) is 28.4 Å². The SMILES string of the molecule is CCc1c2c(nc3ccc(C=CC(=O)OC)c(N)c13)-c1cc3c(c(=O)n1C2)COC(=O)C3(O)CC. The van der Waals surface area contributed by atoms with Crippen LogP contribution in [-0.4, -0.2) is 33.7 Å². The van der Waals surface area contributed by atoms with Crippen LogP contribution >= 0.6 is 0 Å². The molecule has 1 unspecified atom stereocenters. The number of cyclic esters (lactones) is 1. The van der Waals surface area contributed by atoms with Gasteiger partial charge in [0.1, 0.15) is 6.61 Å². The van der Waals surface area contributed by atoms with Crippen molar-refractivity contribution in [2.24, 2.45) is 0 Å². The van der Waals surface area contributed by atoms with Gasteiger partial charge >= 0.3 is 11.9 Å². The number of rotatable bonds is 4. The Bertz CT molecular complexity index is 1520. The van der Waals surface area contributed by atoms with E-state index >= 15 is 0 Å². The van der Waals surface area contributed by atoms with Crippen LogP contribution in [0, 0.1) is 0 Å². The summed E-state index contributed by atoms with van der Waals surface area (Å²) in [6.07, 6.45) is 3.63. The highest BCUT2D eigenvalue weighted by atomic mass is 16.6. The van der Waals surface area contributed by atoms with Crippen LogP contribution in [0.4, 0.5) is 5.69 Å². The molecular formula is C26H25N3O6. The van der Waals surface area contributed by atoms with Gasteiger partial charge in [-0.3, -0.25) is 4.79 Å². The molecule has 1 atom stereocenters. The first-order chi connectivity index (χ1) is 16.7. The molecule has 0 radical (unpaired) electrons. The van der Waals surface area contributed by atoms with E-state index in [-0.39, 0.29) is 29.7 Å². The fourth-order valence-corrected chi connectivity index (χ4v) is 5.07. The monoisotopic (exact) mass is 475 g/mol. The number of hydrogen-bond donors (Lipinski definition) is 2. The van der Waals surface area contributed by atoms with Gasteiger partial charge in [-0.1, -0.05) is 19.9 Å². The molecule has 35 heavy (non-hydrogen) atoms. The van der Waals surface area contributed by atoms with Crippen LogP contribution in [0.3, 0.4) is 0 Å². The summed E-state index contributed by atoms with van der Waals surface area (Å²) in [5.74, 6) is -1.24. The van der Waals surface area contributed by atoms with Crippen molar-refractivity contribution >= 4 is 34.6 Å². The lowest BCUT2D eigenvalue weighted by Crippen LogP contribution is -2.44. The summed E-state index contributed by atoms with van der Waals surface area (Å²) in [7, 11) is 1.31. The van der Waals surface area contributed by atoms with E-state index in [0.29, 0.717) is 41.1 Å². The first-order valence-electron chi connectivity index (χ1n) is 11.4. The van der Waals surface area contributed by atoms with Crippen molar-refractivity contribution in [1.29, 1.82) is 0 Å². The molecule has 9 heteroatoms. The molecule has 0 bridgehead atoms. The predicted molar refractivity (Wildman–Crippen MR) is 129 cm³/mol. The van der Waals surface area contributed by atoms with Gasteiger partial charge < -0.3 is 24.9 Å². The number of anilines is 1. The second-order valence-corrected chi connectivity index (χ2v) is 8.69. The van der Waals surface area contributed by atoms with Gasteiger partial charge in [-0.05, 0) is 42.2 Å². The summed E-state index contributed by atoms with van der Waals surface area (Å²) in [4.78, 5) is 42.2. The number of aromatic nitrogens is 2. The molecule has 2 aliphatic heterocycles. The molecule has 3 N–H and O–H groups in total. The van der Waals surface area contributed by atoms with Crippen molar-refractivity contribution in [1.82, 2.24) is 9.55 Å². The van der Waals surface area contributed by atoms with Crippen molar-refractivity contribution in [3.8, 4) is 11.4 Å². The van der Waals surface area contributed by atoms with Crippen LogP contribution in [0.2, 0.25) is 0 Å². The maximum Gasteiger partial charge on any atom is 0.343 e. The minimum atomic E-state index is -1.87. The molecule has 9 nitrogen and oxygen atoms in total. The number of fused-ring (bicyclic) bond motifs is 5. The van der Waals surface area contributed by atoms with Gasteiger partial charge in [-0.2, -0.15) is 0 Å². The van der Waals surface area contributed by atoms with Gasteiger partial charge in [0.05, 0.1) is 36.1 Å². The maximum atomic E-state index is 13.4. The molecule has 0 fully saturated rings. The van der Waals surface area contributed by atoms with Gasteiger partial charge in [-0.15, -0.1) is 0 Å². The number of carbonyl (C=O) groups excluding carboxylic acids is 2. The van der Waals surface area contributed by atoms with Crippen LogP contribution in [0.1, 0.15) is 48.1 Å². The predicted octanol–water partition coefficient (Wildman–Crippen LogP) is 2.41. The van der Waals surface area contributed by atoms with E-state index < -0.39 is 17.5 Å². The molecule has 0 saturated heterocycles. The third-order valence-corrected chi connectivity index (χ3v) is 7.00. The van der Waals surface area contributed by atoms with E-state index in [4.69, 9.17) is 15.5 Å². The lowest BCUT2D eigenvalue weighted by atomic mass is 9.86.